The van der Waals surface area contributed by atoms with E-state index in [2.05, 4.69) is 4.72 Å². The van der Waals surface area contributed by atoms with E-state index in [1.54, 1.807) is 6.07 Å². The van der Waals surface area contributed by atoms with Crippen LogP contribution in [0.5, 0.6) is 0 Å². The minimum atomic E-state index is -3.33. The van der Waals surface area contributed by atoms with Crippen LogP contribution in [0, 0.1) is 11.3 Å². The van der Waals surface area contributed by atoms with Gasteiger partial charge in [0.15, 0.2) is 5.75 Å². The lowest BCUT2D eigenvalue weighted by atomic mass is 10.3. The quantitative estimate of drug-likeness (QED) is 0.695. The third-order valence-corrected chi connectivity index (χ3v) is 3.16. The van der Waals surface area contributed by atoms with E-state index in [1.807, 2.05) is 0 Å². The Morgan fingerprint density at radius 1 is 1.42 bits per heavy atom. The number of sulfonamides is 1. The smallest absolute Gasteiger partial charge is 0.211 e. The predicted octanol–water partition coefficient (Wildman–Crippen LogP) is 0.372. The van der Waals surface area contributed by atoms with E-state index in [0.717, 1.165) is 25.7 Å². The SMILES string of the molecule is N#CCS(=O)(=O)NC1CCCC1. The normalized spacial score (nSPS) is 19.2. The van der Waals surface area contributed by atoms with Crippen molar-refractivity contribution in [2.75, 3.05) is 5.75 Å². The van der Waals surface area contributed by atoms with Crippen molar-refractivity contribution in [3.05, 3.63) is 0 Å². The molecule has 0 spiro atoms. The summed E-state index contributed by atoms with van der Waals surface area (Å²) in [6.45, 7) is 0. The van der Waals surface area contributed by atoms with Gasteiger partial charge in [0.05, 0.1) is 6.07 Å². The van der Waals surface area contributed by atoms with Gasteiger partial charge in [-0.15, -0.1) is 0 Å². The molecule has 4 nitrogen and oxygen atoms in total. The molecular weight excluding hydrogens is 176 g/mol. The van der Waals surface area contributed by atoms with Crippen molar-refractivity contribution >= 4 is 10.0 Å². The molecular formula is C7H12N2O2S. The van der Waals surface area contributed by atoms with Crippen LogP contribution in [0.1, 0.15) is 25.7 Å². The summed E-state index contributed by atoms with van der Waals surface area (Å²) in [6.07, 6.45) is 3.98. The van der Waals surface area contributed by atoms with Crippen molar-refractivity contribution in [3.63, 3.8) is 0 Å². The molecule has 5 heteroatoms. The second-order valence-electron chi connectivity index (χ2n) is 3.02. The van der Waals surface area contributed by atoms with Crippen LogP contribution in [-0.4, -0.2) is 20.2 Å². The molecule has 0 amide bonds. The van der Waals surface area contributed by atoms with Gasteiger partial charge in [-0.3, -0.25) is 0 Å². The molecule has 1 aliphatic carbocycles. The Morgan fingerprint density at radius 3 is 2.50 bits per heavy atom. The van der Waals surface area contributed by atoms with Crippen LogP contribution < -0.4 is 4.72 Å². The summed E-state index contributed by atoms with van der Waals surface area (Å²) in [5, 5.41) is 8.21. The number of nitriles is 1. The Kier molecular flexibility index (Phi) is 3.06. The molecule has 68 valence electrons. The highest BCUT2D eigenvalue weighted by Crippen LogP contribution is 2.18. The summed E-state index contributed by atoms with van der Waals surface area (Å²) < 4.78 is 24.6. The first-order valence-electron chi connectivity index (χ1n) is 4.01. The van der Waals surface area contributed by atoms with Crippen LogP contribution in [0.15, 0.2) is 0 Å². The summed E-state index contributed by atoms with van der Waals surface area (Å²) in [6, 6.07) is 1.70. The van der Waals surface area contributed by atoms with Crippen molar-refractivity contribution in [2.45, 2.75) is 31.7 Å². The Bertz CT molecular complexity index is 272. The van der Waals surface area contributed by atoms with Gasteiger partial charge in [0, 0.05) is 6.04 Å². The predicted molar refractivity (Wildman–Crippen MR) is 44.8 cm³/mol. The number of hydrogen-bond donors (Lipinski definition) is 1. The minimum absolute atomic E-state index is 0.0725. The van der Waals surface area contributed by atoms with E-state index >= 15 is 0 Å². The first-order chi connectivity index (χ1) is 5.64. The van der Waals surface area contributed by atoms with Crippen LogP contribution in [0.25, 0.3) is 0 Å². The van der Waals surface area contributed by atoms with Crippen LogP contribution in [-0.2, 0) is 10.0 Å². The largest absolute Gasteiger partial charge is 0.225 e. The van der Waals surface area contributed by atoms with Gasteiger partial charge in [0.1, 0.15) is 0 Å². The lowest BCUT2D eigenvalue weighted by Crippen LogP contribution is -2.34. The summed E-state index contributed by atoms with van der Waals surface area (Å²) in [7, 11) is -3.33. The zero-order chi connectivity index (χ0) is 9.03. The average Bonchev–Trinajstić information content (AvgIpc) is 2.38. The van der Waals surface area contributed by atoms with Crippen LogP contribution >= 0.6 is 0 Å². The zero-order valence-electron chi connectivity index (χ0n) is 6.78. The molecule has 1 saturated carbocycles. The molecule has 0 aromatic carbocycles. The molecule has 1 rings (SSSR count). The standard InChI is InChI=1S/C7H12N2O2S/c8-5-6-12(10,11)9-7-3-1-2-4-7/h7,9H,1-4,6H2. The summed E-state index contributed by atoms with van der Waals surface area (Å²) >= 11 is 0. The van der Waals surface area contributed by atoms with E-state index in [-0.39, 0.29) is 6.04 Å². The number of hydrogen-bond acceptors (Lipinski definition) is 3. The molecule has 1 aliphatic rings. The van der Waals surface area contributed by atoms with E-state index in [1.165, 1.54) is 0 Å². The molecule has 0 radical (unpaired) electrons. The molecule has 0 atom stereocenters. The van der Waals surface area contributed by atoms with E-state index in [9.17, 15) is 8.42 Å². The second-order valence-corrected chi connectivity index (χ2v) is 4.77. The Hall–Kier alpha value is -0.600. The highest BCUT2D eigenvalue weighted by atomic mass is 32.2. The number of rotatable bonds is 3. The highest BCUT2D eigenvalue weighted by Gasteiger charge is 2.20. The molecule has 0 aromatic rings. The molecule has 0 bridgehead atoms. The average molecular weight is 188 g/mol. The molecule has 0 saturated heterocycles. The minimum Gasteiger partial charge on any atom is -0.211 e. The molecule has 0 unspecified atom stereocenters. The van der Waals surface area contributed by atoms with Gasteiger partial charge in [-0.1, -0.05) is 12.8 Å². The zero-order valence-corrected chi connectivity index (χ0v) is 7.60. The highest BCUT2D eigenvalue weighted by molar-refractivity contribution is 7.89. The fourth-order valence-corrected chi connectivity index (χ4v) is 2.42. The fourth-order valence-electron chi connectivity index (χ4n) is 1.42. The third kappa shape index (κ3) is 2.80. The maximum absolute atomic E-state index is 11.1. The third-order valence-electron chi connectivity index (χ3n) is 1.96. The van der Waals surface area contributed by atoms with Crippen molar-refractivity contribution in [1.82, 2.24) is 4.72 Å². The topological polar surface area (TPSA) is 70.0 Å². The first-order valence-corrected chi connectivity index (χ1v) is 5.66. The number of nitrogens with zero attached hydrogens (tertiary/aromatic N) is 1. The lowest BCUT2D eigenvalue weighted by Gasteiger charge is -2.09. The number of nitrogens with one attached hydrogen (secondary N) is 1. The van der Waals surface area contributed by atoms with Gasteiger partial charge in [0.25, 0.3) is 0 Å². The molecule has 12 heavy (non-hydrogen) atoms. The van der Waals surface area contributed by atoms with E-state index in [0.29, 0.717) is 0 Å². The monoisotopic (exact) mass is 188 g/mol. The second kappa shape index (κ2) is 3.87. The van der Waals surface area contributed by atoms with Crippen LogP contribution in [0.4, 0.5) is 0 Å². The van der Waals surface area contributed by atoms with E-state index in [4.69, 9.17) is 5.26 Å². The van der Waals surface area contributed by atoms with Gasteiger partial charge in [-0.2, -0.15) is 5.26 Å². The molecule has 0 heterocycles. The van der Waals surface area contributed by atoms with Crippen LogP contribution in [0.3, 0.4) is 0 Å². The first kappa shape index (κ1) is 9.49. The maximum Gasteiger partial charge on any atom is 0.225 e. The van der Waals surface area contributed by atoms with Gasteiger partial charge in [0.2, 0.25) is 10.0 Å². The Balaban J connectivity index is 2.44. The molecule has 0 aromatic heterocycles. The van der Waals surface area contributed by atoms with Crippen LogP contribution in [0.2, 0.25) is 0 Å². The van der Waals surface area contributed by atoms with Crippen molar-refractivity contribution in [2.24, 2.45) is 0 Å². The van der Waals surface area contributed by atoms with Crippen molar-refractivity contribution < 1.29 is 8.42 Å². The van der Waals surface area contributed by atoms with Gasteiger partial charge >= 0.3 is 0 Å². The fraction of sp³-hybridized carbons (Fsp3) is 0.857. The van der Waals surface area contributed by atoms with Crippen molar-refractivity contribution in [1.29, 1.82) is 5.26 Å². The molecule has 0 aliphatic heterocycles. The maximum atomic E-state index is 11.1. The lowest BCUT2D eigenvalue weighted by molar-refractivity contribution is 0.555. The Labute approximate surface area is 72.6 Å². The Morgan fingerprint density at radius 2 is 2.00 bits per heavy atom. The summed E-state index contributed by atoms with van der Waals surface area (Å²) in [5.74, 6) is -0.427. The molecule has 1 fully saturated rings. The van der Waals surface area contributed by atoms with E-state index < -0.39 is 15.8 Å². The van der Waals surface area contributed by atoms with Crippen molar-refractivity contribution in [3.8, 4) is 6.07 Å². The summed E-state index contributed by atoms with van der Waals surface area (Å²) in [4.78, 5) is 0. The van der Waals surface area contributed by atoms with Gasteiger partial charge in [-0.25, -0.2) is 13.1 Å². The van der Waals surface area contributed by atoms with Gasteiger partial charge < -0.3 is 0 Å². The molecule has 1 N–H and O–H groups in total. The summed E-state index contributed by atoms with van der Waals surface area (Å²) in [5.41, 5.74) is 0. The van der Waals surface area contributed by atoms with Gasteiger partial charge in [-0.05, 0) is 12.8 Å².